The Balaban J connectivity index is 1.74. The first kappa shape index (κ1) is 14.6. The molecule has 0 saturated heterocycles. The average Bonchev–Trinajstić information content (AvgIpc) is 2.49. The molecule has 2 atom stereocenters. The number of hydrogen-bond acceptors (Lipinski definition) is 2. The highest BCUT2D eigenvalue weighted by molar-refractivity contribution is 5.36. The van der Waals surface area contributed by atoms with Gasteiger partial charge in [0, 0.05) is 12.0 Å². The summed E-state index contributed by atoms with van der Waals surface area (Å²) in [5.74, 6) is 1.63. The van der Waals surface area contributed by atoms with E-state index < -0.39 is 0 Å². The van der Waals surface area contributed by atoms with Gasteiger partial charge in [-0.2, -0.15) is 0 Å². The summed E-state index contributed by atoms with van der Waals surface area (Å²) in [6, 6.07) is 8.95. The molecule has 1 aliphatic heterocycles. The van der Waals surface area contributed by atoms with Gasteiger partial charge in [-0.3, -0.25) is 0 Å². The standard InChI is InChI=1S/C19H27NO/c1-20-19(15-9-5-3-2-4-6-10-15)17-13-16-11-7-8-12-18(16)21-14-17/h7-9,11-12,17,19-20H,2-6,10,13-14H2,1H3/b15-9+. The van der Waals surface area contributed by atoms with Crippen molar-refractivity contribution >= 4 is 0 Å². The van der Waals surface area contributed by atoms with E-state index in [9.17, 15) is 0 Å². The van der Waals surface area contributed by atoms with Crippen LogP contribution in [0.25, 0.3) is 0 Å². The summed E-state index contributed by atoms with van der Waals surface area (Å²) in [7, 11) is 2.10. The minimum absolute atomic E-state index is 0.469. The highest BCUT2D eigenvalue weighted by Gasteiger charge is 2.28. The van der Waals surface area contributed by atoms with E-state index >= 15 is 0 Å². The Hall–Kier alpha value is -1.28. The second-order valence-corrected chi connectivity index (χ2v) is 6.38. The molecule has 0 aromatic heterocycles. The van der Waals surface area contributed by atoms with Gasteiger partial charge in [0.2, 0.25) is 0 Å². The van der Waals surface area contributed by atoms with Crippen LogP contribution in [0.5, 0.6) is 5.75 Å². The second-order valence-electron chi connectivity index (χ2n) is 6.38. The lowest BCUT2D eigenvalue weighted by molar-refractivity contribution is 0.197. The highest BCUT2D eigenvalue weighted by atomic mass is 16.5. The Labute approximate surface area is 128 Å². The van der Waals surface area contributed by atoms with Crippen molar-refractivity contribution in [3.05, 3.63) is 41.5 Å². The molecular weight excluding hydrogens is 258 g/mol. The van der Waals surface area contributed by atoms with Crippen molar-refractivity contribution in [3.63, 3.8) is 0 Å². The fraction of sp³-hybridized carbons (Fsp3) is 0.579. The third kappa shape index (κ3) is 3.49. The molecular formula is C19H27NO. The van der Waals surface area contributed by atoms with Crippen LogP contribution in [0.1, 0.15) is 44.1 Å². The highest BCUT2D eigenvalue weighted by Crippen LogP contribution is 2.32. The van der Waals surface area contributed by atoms with Crippen LogP contribution >= 0.6 is 0 Å². The van der Waals surface area contributed by atoms with Crippen LogP contribution in [0.3, 0.4) is 0 Å². The summed E-state index contributed by atoms with van der Waals surface area (Å²) in [5, 5.41) is 3.57. The minimum Gasteiger partial charge on any atom is -0.493 e. The lowest BCUT2D eigenvalue weighted by Crippen LogP contribution is -2.41. The Kier molecular flexibility index (Phi) is 4.97. The molecule has 2 aliphatic rings. The molecule has 2 nitrogen and oxygen atoms in total. The number of para-hydroxylation sites is 1. The monoisotopic (exact) mass is 285 g/mol. The summed E-state index contributed by atoms with van der Waals surface area (Å²) in [4.78, 5) is 0. The van der Waals surface area contributed by atoms with E-state index in [1.54, 1.807) is 5.57 Å². The predicted octanol–water partition coefficient (Wildman–Crippen LogP) is 4.11. The average molecular weight is 285 g/mol. The second kappa shape index (κ2) is 7.13. The number of allylic oxidation sites excluding steroid dienone is 1. The molecule has 0 radical (unpaired) electrons. The van der Waals surface area contributed by atoms with Crippen molar-refractivity contribution in [2.45, 2.75) is 51.0 Å². The molecule has 2 heteroatoms. The van der Waals surface area contributed by atoms with Crippen molar-refractivity contribution in [1.29, 1.82) is 0 Å². The van der Waals surface area contributed by atoms with Gasteiger partial charge in [-0.05, 0) is 50.8 Å². The van der Waals surface area contributed by atoms with Gasteiger partial charge < -0.3 is 10.1 Å². The molecule has 21 heavy (non-hydrogen) atoms. The van der Waals surface area contributed by atoms with Gasteiger partial charge >= 0.3 is 0 Å². The Morgan fingerprint density at radius 2 is 2.00 bits per heavy atom. The van der Waals surface area contributed by atoms with Crippen LogP contribution in [-0.4, -0.2) is 19.7 Å². The zero-order valence-electron chi connectivity index (χ0n) is 13.1. The smallest absolute Gasteiger partial charge is 0.122 e. The maximum absolute atomic E-state index is 6.00. The van der Waals surface area contributed by atoms with Gasteiger partial charge in [0.25, 0.3) is 0 Å². The van der Waals surface area contributed by atoms with Crippen LogP contribution in [0.4, 0.5) is 0 Å². The topological polar surface area (TPSA) is 21.3 Å². The largest absolute Gasteiger partial charge is 0.493 e. The van der Waals surface area contributed by atoms with E-state index in [1.807, 2.05) is 0 Å². The normalized spacial score (nSPS) is 26.5. The minimum atomic E-state index is 0.469. The van der Waals surface area contributed by atoms with Crippen molar-refractivity contribution < 1.29 is 4.74 Å². The third-order valence-corrected chi connectivity index (χ3v) is 4.92. The van der Waals surface area contributed by atoms with E-state index in [2.05, 4.69) is 42.7 Å². The van der Waals surface area contributed by atoms with E-state index in [0.29, 0.717) is 12.0 Å². The quantitative estimate of drug-likeness (QED) is 0.844. The van der Waals surface area contributed by atoms with Crippen molar-refractivity contribution in [2.75, 3.05) is 13.7 Å². The number of hydrogen-bond donors (Lipinski definition) is 1. The molecule has 0 fully saturated rings. The number of likely N-dealkylation sites (N-methyl/N-ethyl adjacent to an activating group) is 1. The van der Waals surface area contributed by atoms with Gasteiger partial charge in [0.1, 0.15) is 5.75 Å². The van der Waals surface area contributed by atoms with Gasteiger partial charge in [-0.25, -0.2) is 0 Å². The molecule has 1 heterocycles. The number of benzene rings is 1. The van der Waals surface area contributed by atoms with Gasteiger partial charge in [-0.15, -0.1) is 0 Å². The Morgan fingerprint density at radius 1 is 1.14 bits per heavy atom. The van der Waals surface area contributed by atoms with E-state index in [4.69, 9.17) is 4.74 Å². The van der Waals surface area contributed by atoms with Crippen LogP contribution in [-0.2, 0) is 6.42 Å². The summed E-state index contributed by atoms with van der Waals surface area (Å²) in [6.45, 7) is 0.833. The fourth-order valence-electron chi connectivity index (χ4n) is 3.79. The molecule has 1 aromatic rings. The zero-order valence-corrected chi connectivity index (χ0v) is 13.1. The summed E-state index contributed by atoms with van der Waals surface area (Å²) in [6.07, 6.45) is 11.6. The van der Waals surface area contributed by atoms with Gasteiger partial charge in [-0.1, -0.05) is 42.7 Å². The maximum Gasteiger partial charge on any atom is 0.122 e. The number of fused-ring (bicyclic) bond motifs is 1. The van der Waals surface area contributed by atoms with E-state index in [0.717, 1.165) is 18.8 Å². The van der Waals surface area contributed by atoms with Crippen LogP contribution < -0.4 is 10.1 Å². The number of nitrogens with one attached hydrogen (secondary N) is 1. The molecule has 0 amide bonds. The predicted molar refractivity (Wildman–Crippen MR) is 87.8 cm³/mol. The molecule has 3 rings (SSSR count). The zero-order chi connectivity index (χ0) is 14.5. The van der Waals surface area contributed by atoms with Crippen LogP contribution in [0.15, 0.2) is 35.9 Å². The van der Waals surface area contributed by atoms with E-state index in [-0.39, 0.29) is 0 Å². The van der Waals surface area contributed by atoms with Crippen LogP contribution in [0.2, 0.25) is 0 Å². The van der Waals surface area contributed by atoms with Gasteiger partial charge in [0.15, 0.2) is 0 Å². The summed E-state index contributed by atoms with van der Waals surface area (Å²) >= 11 is 0. The molecule has 1 N–H and O–H groups in total. The SMILES string of the molecule is CNC(/C1=C/CCCCCC1)C1COc2ccccc2C1. The van der Waals surface area contributed by atoms with E-state index in [1.165, 1.54) is 44.1 Å². The van der Waals surface area contributed by atoms with Crippen molar-refractivity contribution in [2.24, 2.45) is 5.92 Å². The molecule has 2 unspecified atom stereocenters. The number of rotatable bonds is 3. The molecule has 1 aromatic carbocycles. The third-order valence-electron chi connectivity index (χ3n) is 4.92. The van der Waals surface area contributed by atoms with Gasteiger partial charge in [0.05, 0.1) is 6.61 Å². The lowest BCUT2D eigenvalue weighted by atomic mass is 9.83. The fourth-order valence-corrected chi connectivity index (χ4v) is 3.79. The molecule has 0 saturated carbocycles. The van der Waals surface area contributed by atoms with Crippen molar-refractivity contribution in [3.8, 4) is 5.75 Å². The first-order chi connectivity index (χ1) is 10.4. The Bertz CT molecular complexity index is 494. The van der Waals surface area contributed by atoms with Crippen molar-refractivity contribution in [1.82, 2.24) is 5.32 Å². The lowest BCUT2D eigenvalue weighted by Gasteiger charge is -2.33. The first-order valence-electron chi connectivity index (χ1n) is 8.45. The molecule has 0 bridgehead atoms. The maximum atomic E-state index is 6.00. The molecule has 1 aliphatic carbocycles. The first-order valence-corrected chi connectivity index (χ1v) is 8.45. The summed E-state index contributed by atoms with van der Waals surface area (Å²) < 4.78 is 6.00. The molecule has 0 spiro atoms. The Morgan fingerprint density at radius 3 is 2.90 bits per heavy atom. The number of ether oxygens (including phenoxy) is 1. The molecule has 114 valence electrons. The summed E-state index contributed by atoms with van der Waals surface area (Å²) in [5.41, 5.74) is 2.98. The van der Waals surface area contributed by atoms with Crippen LogP contribution in [0, 0.1) is 5.92 Å².